The van der Waals surface area contributed by atoms with Gasteiger partial charge in [-0.05, 0) is 12.1 Å². The first-order valence-corrected chi connectivity index (χ1v) is 6.19. The van der Waals surface area contributed by atoms with E-state index in [1.54, 1.807) is 30.3 Å². The Morgan fingerprint density at radius 1 is 1.09 bits per heavy atom. The predicted octanol–water partition coefficient (Wildman–Crippen LogP) is 3.12. The molecule has 3 aromatic rings. The van der Waals surface area contributed by atoms with E-state index in [0.717, 1.165) is 0 Å². The first kappa shape index (κ1) is 13.5. The van der Waals surface area contributed by atoms with Gasteiger partial charge in [-0.3, -0.25) is 20.2 Å². The Kier molecular flexibility index (Phi) is 3.14. The number of nitro benzene ring substituents is 2. The molecule has 1 heterocycles. The molecule has 9 heteroatoms. The summed E-state index contributed by atoms with van der Waals surface area (Å²) in [5, 5.41) is 25.4. The van der Waals surface area contributed by atoms with Gasteiger partial charge in [-0.25, -0.2) is 4.98 Å². The monoisotopic (exact) mass is 299 g/mol. The van der Waals surface area contributed by atoms with Gasteiger partial charge in [-0.1, -0.05) is 18.2 Å². The molecule has 0 saturated carbocycles. The Labute approximate surface area is 122 Å². The fourth-order valence-corrected chi connectivity index (χ4v) is 2.16. The van der Waals surface area contributed by atoms with E-state index in [9.17, 15) is 20.2 Å². The first-order valence-electron chi connectivity index (χ1n) is 6.19. The Balaban J connectivity index is 2.29. The molecule has 0 atom stereocenters. The molecule has 0 bridgehead atoms. The number of H-pyrrole nitrogens is 1. The molecule has 0 unspecified atom stereocenters. The van der Waals surface area contributed by atoms with Crippen LogP contribution in [0.2, 0.25) is 0 Å². The van der Waals surface area contributed by atoms with E-state index in [1.807, 2.05) is 0 Å². The van der Waals surface area contributed by atoms with Gasteiger partial charge >= 0.3 is 11.4 Å². The summed E-state index contributed by atoms with van der Waals surface area (Å²) in [5.41, 5.74) is -0.225. The van der Waals surface area contributed by atoms with Gasteiger partial charge < -0.3 is 10.3 Å². The zero-order valence-corrected chi connectivity index (χ0v) is 11.0. The first-order chi connectivity index (χ1) is 10.6. The molecule has 0 aliphatic rings. The lowest BCUT2D eigenvalue weighted by atomic mass is 10.2. The van der Waals surface area contributed by atoms with Crippen molar-refractivity contribution < 1.29 is 9.85 Å². The maximum Gasteiger partial charge on any atom is 0.327 e. The van der Waals surface area contributed by atoms with Crippen LogP contribution in [0.4, 0.5) is 22.7 Å². The standard InChI is InChI=1S/C13H9N5O4/c19-17(20)10-6-9-11(15-7-14-9)13(18(21)22)12(10)16-8-4-2-1-3-5-8/h1-7,16H,(H,14,15). The van der Waals surface area contributed by atoms with Crippen molar-refractivity contribution in [1.82, 2.24) is 9.97 Å². The number of imidazole rings is 1. The second-order valence-electron chi connectivity index (χ2n) is 4.42. The van der Waals surface area contributed by atoms with Crippen LogP contribution >= 0.6 is 0 Å². The van der Waals surface area contributed by atoms with Crippen molar-refractivity contribution in [3.05, 3.63) is 63.0 Å². The molecule has 1 aromatic heterocycles. The SMILES string of the molecule is O=[N+]([O-])c1cc2[nH]cnc2c([N+](=O)[O-])c1Nc1ccccc1. The quantitative estimate of drug-likeness (QED) is 0.562. The molecule has 2 aromatic carbocycles. The molecule has 3 rings (SSSR count). The van der Waals surface area contributed by atoms with Crippen molar-refractivity contribution in [2.75, 3.05) is 5.32 Å². The number of benzene rings is 2. The third-order valence-electron chi connectivity index (χ3n) is 3.09. The number of aromatic nitrogens is 2. The number of aromatic amines is 1. The van der Waals surface area contributed by atoms with E-state index < -0.39 is 21.2 Å². The Bertz CT molecular complexity index is 875. The van der Waals surface area contributed by atoms with Crippen molar-refractivity contribution >= 4 is 33.8 Å². The van der Waals surface area contributed by atoms with Crippen LogP contribution in [0.25, 0.3) is 11.0 Å². The number of nitrogens with one attached hydrogen (secondary N) is 2. The molecule has 0 radical (unpaired) electrons. The highest BCUT2D eigenvalue weighted by Crippen LogP contribution is 2.41. The van der Waals surface area contributed by atoms with Crippen LogP contribution in [-0.4, -0.2) is 19.8 Å². The number of fused-ring (bicyclic) bond motifs is 1. The third kappa shape index (κ3) is 2.20. The molecule has 2 N–H and O–H groups in total. The van der Waals surface area contributed by atoms with Gasteiger partial charge in [-0.15, -0.1) is 0 Å². The molecular formula is C13H9N5O4. The molecule has 110 valence electrons. The Hall–Kier alpha value is -3.49. The van der Waals surface area contributed by atoms with E-state index in [0.29, 0.717) is 5.69 Å². The fourth-order valence-electron chi connectivity index (χ4n) is 2.16. The molecule has 0 spiro atoms. The average Bonchev–Trinajstić information content (AvgIpc) is 2.94. The van der Waals surface area contributed by atoms with E-state index in [4.69, 9.17) is 0 Å². The van der Waals surface area contributed by atoms with Crippen LogP contribution in [0.5, 0.6) is 0 Å². The van der Waals surface area contributed by atoms with Gasteiger partial charge in [0.2, 0.25) is 0 Å². The number of hydrogen-bond donors (Lipinski definition) is 2. The molecular weight excluding hydrogens is 290 g/mol. The topological polar surface area (TPSA) is 127 Å². The van der Waals surface area contributed by atoms with Crippen molar-refractivity contribution in [2.45, 2.75) is 0 Å². The van der Waals surface area contributed by atoms with Crippen molar-refractivity contribution in [1.29, 1.82) is 0 Å². The number of hydrogen-bond acceptors (Lipinski definition) is 6. The summed E-state index contributed by atoms with van der Waals surface area (Å²) in [5.74, 6) is 0. The highest BCUT2D eigenvalue weighted by molar-refractivity contribution is 5.97. The summed E-state index contributed by atoms with van der Waals surface area (Å²) in [6, 6.07) is 9.73. The fraction of sp³-hybridized carbons (Fsp3) is 0. The van der Waals surface area contributed by atoms with E-state index in [1.165, 1.54) is 12.4 Å². The number of rotatable bonds is 4. The molecule has 0 fully saturated rings. The van der Waals surface area contributed by atoms with E-state index in [2.05, 4.69) is 15.3 Å². The van der Waals surface area contributed by atoms with Crippen LogP contribution in [-0.2, 0) is 0 Å². The van der Waals surface area contributed by atoms with Gasteiger partial charge in [0.15, 0.2) is 11.2 Å². The highest BCUT2D eigenvalue weighted by atomic mass is 16.6. The molecule has 0 aliphatic carbocycles. The van der Waals surface area contributed by atoms with Crippen molar-refractivity contribution in [3.63, 3.8) is 0 Å². The maximum atomic E-state index is 11.4. The minimum absolute atomic E-state index is 0.0639. The second-order valence-corrected chi connectivity index (χ2v) is 4.42. The van der Waals surface area contributed by atoms with Crippen LogP contribution in [0, 0.1) is 20.2 Å². The Morgan fingerprint density at radius 3 is 2.45 bits per heavy atom. The Morgan fingerprint density at radius 2 is 1.82 bits per heavy atom. The number of nitrogens with zero attached hydrogens (tertiary/aromatic N) is 3. The number of para-hydroxylation sites is 1. The van der Waals surface area contributed by atoms with E-state index >= 15 is 0 Å². The van der Waals surface area contributed by atoms with Crippen molar-refractivity contribution in [3.8, 4) is 0 Å². The van der Waals surface area contributed by atoms with Crippen LogP contribution in [0.15, 0.2) is 42.7 Å². The zero-order valence-electron chi connectivity index (χ0n) is 11.0. The lowest BCUT2D eigenvalue weighted by molar-refractivity contribution is -0.391. The molecule has 0 amide bonds. The lowest BCUT2D eigenvalue weighted by Crippen LogP contribution is -2.02. The number of anilines is 2. The lowest BCUT2D eigenvalue weighted by Gasteiger charge is -2.08. The average molecular weight is 299 g/mol. The molecule has 0 aliphatic heterocycles. The second kappa shape index (κ2) is 5.13. The van der Waals surface area contributed by atoms with Gasteiger partial charge in [0.25, 0.3) is 0 Å². The predicted molar refractivity (Wildman–Crippen MR) is 79.1 cm³/mol. The van der Waals surface area contributed by atoms with Crippen LogP contribution in [0.1, 0.15) is 0 Å². The summed E-state index contributed by atoms with van der Waals surface area (Å²) < 4.78 is 0. The normalized spacial score (nSPS) is 10.5. The van der Waals surface area contributed by atoms with Crippen LogP contribution in [0.3, 0.4) is 0 Å². The largest absolute Gasteiger partial charge is 0.344 e. The van der Waals surface area contributed by atoms with Crippen LogP contribution < -0.4 is 5.32 Å². The minimum Gasteiger partial charge on any atom is -0.344 e. The van der Waals surface area contributed by atoms with Gasteiger partial charge in [0, 0.05) is 11.8 Å². The van der Waals surface area contributed by atoms with Gasteiger partial charge in [0.05, 0.1) is 21.7 Å². The molecule has 9 nitrogen and oxygen atoms in total. The third-order valence-corrected chi connectivity index (χ3v) is 3.09. The number of nitro groups is 2. The molecule has 22 heavy (non-hydrogen) atoms. The summed E-state index contributed by atoms with van der Waals surface area (Å²) in [6.45, 7) is 0. The highest BCUT2D eigenvalue weighted by Gasteiger charge is 2.30. The van der Waals surface area contributed by atoms with Gasteiger partial charge in [0.1, 0.15) is 0 Å². The maximum absolute atomic E-state index is 11.4. The summed E-state index contributed by atoms with van der Waals surface area (Å²) in [4.78, 5) is 27.8. The van der Waals surface area contributed by atoms with Crippen molar-refractivity contribution in [2.24, 2.45) is 0 Å². The minimum atomic E-state index is -0.679. The smallest absolute Gasteiger partial charge is 0.327 e. The molecule has 0 saturated heterocycles. The van der Waals surface area contributed by atoms with Gasteiger partial charge in [-0.2, -0.15) is 0 Å². The zero-order chi connectivity index (χ0) is 15.7. The summed E-state index contributed by atoms with van der Waals surface area (Å²) >= 11 is 0. The van der Waals surface area contributed by atoms with E-state index in [-0.39, 0.29) is 16.7 Å². The summed E-state index contributed by atoms with van der Waals surface area (Å²) in [6.07, 6.45) is 1.26. The summed E-state index contributed by atoms with van der Waals surface area (Å²) in [7, 11) is 0.